The lowest BCUT2D eigenvalue weighted by Crippen LogP contribution is -2.29. The second kappa shape index (κ2) is 5.18. The number of aryl methyl sites for hydroxylation is 1. The number of H-pyrrole nitrogens is 1. The molecule has 1 unspecified atom stereocenters. The van der Waals surface area contributed by atoms with Crippen LogP contribution in [0.4, 0.5) is 5.69 Å². The molecule has 0 aliphatic carbocycles. The van der Waals surface area contributed by atoms with E-state index in [9.17, 15) is 4.79 Å². The van der Waals surface area contributed by atoms with Gasteiger partial charge in [-0.15, -0.1) is 11.3 Å². The van der Waals surface area contributed by atoms with E-state index in [1.165, 1.54) is 11.3 Å². The third-order valence-electron chi connectivity index (χ3n) is 2.67. The SMILES string of the molecule is CCC(NC(=O)c1n[nH]c(C)c1N)c1nccs1. The van der Waals surface area contributed by atoms with E-state index >= 15 is 0 Å². The predicted octanol–water partition coefficient (Wildman–Crippen LogP) is 1.64. The summed E-state index contributed by atoms with van der Waals surface area (Å²) in [6.07, 6.45) is 2.49. The Kier molecular flexibility index (Phi) is 3.61. The smallest absolute Gasteiger partial charge is 0.274 e. The van der Waals surface area contributed by atoms with E-state index in [-0.39, 0.29) is 17.6 Å². The maximum Gasteiger partial charge on any atom is 0.274 e. The second-order valence-electron chi connectivity index (χ2n) is 3.92. The van der Waals surface area contributed by atoms with Crippen LogP contribution in [0.25, 0.3) is 0 Å². The molecule has 2 aromatic heterocycles. The van der Waals surface area contributed by atoms with Gasteiger partial charge in [-0.25, -0.2) is 4.98 Å². The van der Waals surface area contributed by atoms with Gasteiger partial charge in [-0.2, -0.15) is 5.10 Å². The highest BCUT2D eigenvalue weighted by molar-refractivity contribution is 7.09. The number of hydrogen-bond acceptors (Lipinski definition) is 5. The van der Waals surface area contributed by atoms with Gasteiger partial charge in [0, 0.05) is 11.6 Å². The van der Waals surface area contributed by atoms with Gasteiger partial charge in [0.15, 0.2) is 5.69 Å². The molecule has 0 spiro atoms. The number of nitrogen functional groups attached to an aromatic ring is 1. The van der Waals surface area contributed by atoms with Crippen molar-refractivity contribution in [2.75, 3.05) is 5.73 Å². The fourth-order valence-electron chi connectivity index (χ4n) is 1.58. The number of thiazole rings is 1. The Labute approximate surface area is 109 Å². The minimum atomic E-state index is -0.279. The number of nitrogens with one attached hydrogen (secondary N) is 2. The summed E-state index contributed by atoms with van der Waals surface area (Å²) in [6, 6.07) is -0.103. The molecule has 0 saturated heterocycles. The number of amides is 1. The summed E-state index contributed by atoms with van der Waals surface area (Å²) < 4.78 is 0. The maximum absolute atomic E-state index is 12.0. The van der Waals surface area contributed by atoms with Crippen molar-refractivity contribution in [3.05, 3.63) is 28.0 Å². The minimum Gasteiger partial charge on any atom is -0.395 e. The molecule has 0 aromatic carbocycles. The molecule has 18 heavy (non-hydrogen) atoms. The number of carbonyl (C=O) groups excluding carboxylic acids is 1. The molecule has 7 heteroatoms. The molecule has 1 atom stereocenters. The lowest BCUT2D eigenvalue weighted by atomic mass is 10.2. The van der Waals surface area contributed by atoms with Crippen molar-refractivity contribution in [2.45, 2.75) is 26.3 Å². The molecule has 0 fully saturated rings. The van der Waals surface area contributed by atoms with Crippen LogP contribution in [0.1, 0.15) is 40.6 Å². The monoisotopic (exact) mass is 265 g/mol. The highest BCUT2D eigenvalue weighted by Gasteiger charge is 2.20. The summed E-state index contributed by atoms with van der Waals surface area (Å²) in [5, 5.41) is 12.3. The van der Waals surface area contributed by atoms with E-state index in [0.717, 1.165) is 11.4 Å². The summed E-state index contributed by atoms with van der Waals surface area (Å²) in [7, 11) is 0. The summed E-state index contributed by atoms with van der Waals surface area (Å²) in [5.74, 6) is -0.279. The zero-order valence-corrected chi connectivity index (χ0v) is 11.0. The third-order valence-corrected chi connectivity index (χ3v) is 3.56. The second-order valence-corrected chi connectivity index (χ2v) is 4.84. The summed E-state index contributed by atoms with van der Waals surface area (Å²) >= 11 is 1.52. The van der Waals surface area contributed by atoms with Gasteiger partial charge in [0.05, 0.1) is 17.4 Å². The van der Waals surface area contributed by atoms with Gasteiger partial charge < -0.3 is 11.1 Å². The van der Waals surface area contributed by atoms with Gasteiger partial charge in [-0.3, -0.25) is 9.89 Å². The molecular weight excluding hydrogens is 250 g/mol. The van der Waals surface area contributed by atoms with Gasteiger partial charge in [0.2, 0.25) is 0 Å². The van der Waals surface area contributed by atoms with E-state index in [4.69, 9.17) is 5.73 Å². The van der Waals surface area contributed by atoms with Crippen LogP contribution < -0.4 is 11.1 Å². The van der Waals surface area contributed by atoms with E-state index in [1.807, 2.05) is 12.3 Å². The van der Waals surface area contributed by atoms with Crippen LogP contribution in [-0.4, -0.2) is 21.1 Å². The van der Waals surface area contributed by atoms with Crippen molar-refractivity contribution in [3.63, 3.8) is 0 Å². The van der Waals surface area contributed by atoms with E-state index < -0.39 is 0 Å². The average molecular weight is 265 g/mol. The Hall–Kier alpha value is -1.89. The summed E-state index contributed by atoms with van der Waals surface area (Å²) in [5.41, 5.74) is 7.10. The van der Waals surface area contributed by atoms with Crippen molar-refractivity contribution in [1.82, 2.24) is 20.5 Å². The average Bonchev–Trinajstić information content (AvgIpc) is 2.98. The lowest BCUT2D eigenvalue weighted by molar-refractivity contribution is 0.0931. The van der Waals surface area contributed by atoms with Crippen LogP contribution in [0.15, 0.2) is 11.6 Å². The predicted molar refractivity (Wildman–Crippen MR) is 70.3 cm³/mol. The fourth-order valence-corrected chi connectivity index (χ4v) is 2.36. The van der Waals surface area contributed by atoms with E-state index in [1.54, 1.807) is 13.1 Å². The molecule has 0 aliphatic heterocycles. The summed E-state index contributed by atoms with van der Waals surface area (Å²) in [4.78, 5) is 16.3. The van der Waals surface area contributed by atoms with E-state index in [2.05, 4.69) is 20.5 Å². The van der Waals surface area contributed by atoms with Gasteiger partial charge in [-0.1, -0.05) is 6.92 Å². The van der Waals surface area contributed by atoms with Crippen molar-refractivity contribution in [1.29, 1.82) is 0 Å². The Morgan fingerprint density at radius 1 is 1.67 bits per heavy atom. The quantitative estimate of drug-likeness (QED) is 0.782. The molecular formula is C11H15N5OS. The molecule has 2 rings (SSSR count). The molecule has 1 amide bonds. The first kappa shape index (κ1) is 12.6. The number of anilines is 1. The van der Waals surface area contributed by atoms with Crippen LogP contribution in [0.5, 0.6) is 0 Å². The van der Waals surface area contributed by atoms with Crippen LogP contribution >= 0.6 is 11.3 Å². The Balaban J connectivity index is 2.13. The summed E-state index contributed by atoms with van der Waals surface area (Å²) in [6.45, 7) is 3.77. The molecule has 2 aromatic rings. The van der Waals surface area contributed by atoms with Crippen LogP contribution in [0.2, 0.25) is 0 Å². The molecule has 96 valence electrons. The molecule has 4 N–H and O–H groups in total. The van der Waals surface area contributed by atoms with Gasteiger partial charge in [0.1, 0.15) is 5.01 Å². The highest BCUT2D eigenvalue weighted by Crippen LogP contribution is 2.20. The Morgan fingerprint density at radius 2 is 2.44 bits per heavy atom. The van der Waals surface area contributed by atoms with Crippen LogP contribution in [0.3, 0.4) is 0 Å². The third kappa shape index (κ3) is 2.35. The highest BCUT2D eigenvalue weighted by atomic mass is 32.1. The zero-order chi connectivity index (χ0) is 13.1. The molecule has 0 bridgehead atoms. The van der Waals surface area contributed by atoms with Crippen molar-refractivity contribution in [3.8, 4) is 0 Å². The fraction of sp³-hybridized carbons (Fsp3) is 0.364. The number of aromatic nitrogens is 3. The van der Waals surface area contributed by atoms with Crippen LogP contribution in [-0.2, 0) is 0 Å². The first-order valence-electron chi connectivity index (χ1n) is 5.64. The van der Waals surface area contributed by atoms with Crippen molar-refractivity contribution in [2.24, 2.45) is 0 Å². The zero-order valence-electron chi connectivity index (χ0n) is 10.2. The van der Waals surface area contributed by atoms with Gasteiger partial charge in [0.25, 0.3) is 5.91 Å². The molecule has 0 saturated carbocycles. The number of aromatic amines is 1. The number of hydrogen-bond donors (Lipinski definition) is 3. The van der Waals surface area contributed by atoms with Gasteiger partial charge in [-0.05, 0) is 13.3 Å². The normalized spacial score (nSPS) is 12.3. The standard InChI is InChI=1S/C11H15N5OS/c1-3-7(11-13-4-5-18-11)14-10(17)9-8(12)6(2)15-16-9/h4-5,7H,3,12H2,1-2H3,(H,14,17)(H,15,16). The number of carbonyl (C=O) groups is 1. The maximum atomic E-state index is 12.0. The van der Waals surface area contributed by atoms with E-state index in [0.29, 0.717) is 11.4 Å². The van der Waals surface area contributed by atoms with Crippen molar-refractivity contribution < 1.29 is 4.79 Å². The largest absolute Gasteiger partial charge is 0.395 e. The Bertz CT molecular complexity index is 534. The van der Waals surface area contributed by atoms with Crippen LogP contribution in [0, 0.1) is 6.92 Å². The molecule has 0 aliphatic rings. The first-order valence-corrected chi connectivity index (χ1v) is 6.52. The Morgan fingerprint density at radius 3 is 2.94 bits per heavy atom. The topological polar surface area (TPSA) is 96.7 Å². The van der Waals surface area contributed by atoms with Gasteiger partial charge >= 0.3 is 0 Å². The lowest BCUT2D eigenvalue weighted by Gasteiger charge is -2.13. The molecule has 0 radical (unpaired) electrons. The molecule has 6 nitrogen and oxygen atoms in total. The number of rotatable bonds is 4. The minimum absolute atomic E-state index is 0.103. The van der Waals surface area contributed by atoms with Crippen molar-refractivity contribution >= 4 is 22.9 Å². The number of nitrogens with zero attached hydrogens (tertiary/aromatic N) is 2. The molecule has 2 heterocycles. The first-order chi connectivity index (χ1) is 8.63. The number of nitrogens with two attached hydrogens (primary N) is 1.